The standard InChI is InChI=1S/C27H32N2O6/c1-3-27(2,25(32)28-13-18-12-17(14-34-18)24(30)31)16-29-26(33)35-15-23-21-10-6-4-8-19(21)20-9-5-7-11-22(20)23/h4-11,17-18,23H,3,12-16H2,1-2H3,(H,28,32)(H,29,33)(H,30,31). The first-order valence-electron chi connectivity index (χ1n) is 12.0. The van der Waals surface area contributed by atoms with Crippen LogP contribution in [0.5, 0.6) is 0 Å². The summed E-state index contributed by atoms with van der Waals surface area (Å²) in [5.74, 6) is -1.68. The average Bonchev–Trinajstić information content (AvgIpc) is 3.48. The second-order valence-corrected chi connectivity index (χ2v) is 9.53. The first-order chi connectivity index (χ1) is 16.8. The summed E-state index contributed by atoms with van der Waals surface area (Å²) in [6.45, 7) is 4.38. The molecule has 35 heavy (non-hydrogen) atoms. The first kappa shape index (κ1) is 24.7. The van der Waals surface area contributed by atoms with Crippen molar-refractivity contribution in [2.24, 2.45) is 11.3 Å². The van der Waals surface area contributed by atoms with Gasteiger partial charge < -0.3 is 25.2 Å². The van der Waals surface area contributed by atoms with Crippen molar-refractivity contribution in [2.45, 2.75) is 38.7 Å². The van der Waals surface area contributed by atoms with Crippen LogP contribution in [-0.2, 0) is 19.1 Å². The van der Waals surface area contributed by atoms with Crippen molar-refractivity contribution in [1.82, 2.24) is 10.6 Å². The van der Waals surface area contributed by atoms with E-state index in [0.29, 0.717) is 12.8 Å². The third-order valence-electron chi connectivity index (χ3n) is 7.22. The Morgan fingerprint density at radius 2 is 1.69 bits per heavy atom. The minimum Gasteiger partial charge on any atom is -0.481 e. The second kappa shape index (κ2) is 10.5. The fourth-order valence-corrected chi connectivity index (χ4v) is 4.72. The van der Waals surface area contributed by atoms with Crippen molar-refractivity contribution in [3.8, 4) is 11.1 Å². The SMILES string of the molecule is CCC(C)(CNC(=O)OCC1c2ccccc2-c2ccccc21)C(=O)NCC1CC(C(=O)O)CO1. The van der Waals surface area contributed by atoms with Gasteiger partial charge in [0.15, 0.2) is 0 Å². The fourth-order valence-electron chi connectivity index (χ4n) is 4.72. The van der Waals surface area contributed by atoms with Gasteiger partial charge in [0.05, 0.1) is 24.0 Å². The molecule has 2 amide bonds. The number of hydrogen-bond donors (Lipinski definition) is 3. The number of fused-ring (bicyclic) bond motifs is 3. The van der Waals surface area contributed by atoms with E-state index >= 15 is 0 Å². The number of carboxylic acid groups (broad SMARTS) is 1. The van der Waals surface area contributed by atoms with Gasteiger partial charge in [-0.05, 0) is 42.0 Å². The molecule has 1 heterocycles. The van der Waals surface area contributed by atoms with Crippen molar-refractivity contribution in [2.75, 3.05) is 26.3 Å². The molecule has 0 radical (unpaired) electrons. The average molecular weight is 481 g/mol. The summed E-state index contributed by atoms with van der Waals surface area (Å²) in [5, 5.41) is 14.7. The number of carboxylic acids is 1. The van der Waals surface area contributed by atoms with Gasteiger partial charge in [-0.2, -0.15) is 0 Å². The number of alkyl carbamates (subject to hydrolysis) is 1. The molecule has 2 aromatic rings. The lowest BCUT2D eigenvalue weighted by molar-refractivity contribution is -0.141. The number of benzene rings is 2. The molecule has 2 aliphatic rings. The summed E-state index contributed by atoms with van der Waals surface area (Å²) in [6.07, 6.45) is -0.0126. The van der Waals surface area contributed by atoms with Crippen molar-refractivity contribution in [3.63, 3.8) is 0 Å². The Balaban J connectivity index is 1.28. The van der Waals surface area contributed by atoms with Crippen LogP contribution in [0, 0.1) is 11.3 Å². The second-order valence-electron chi connectivity index (χ2n) is 9.53. The zero-order chi connectivity index (χ0) is 25.0. The van der Waals surface area contributed by atoms with Crippen LogP contribution in [0.1, 0.15) is 43.7 Å². The van der Waals surface area contributed by atoms with Crippen LogP contribution in [0.15, 0.2) is 48.5 Å². The molecule has 1 fully saturated rings. The number of hydrogen-bond acceptors (Lipinski definition) is 5. The lowest BCUT2D eigenvalue weighted by atomic mass is 9.86. The molecule has 0 aromatic heterocycles. The smallest absolute Gasteiger partial charge is 0.407 e. The summed E-state index contributed by atoms with van der Waals surface area (Å²) in [7, 11) is 0. The fraction of sp³-hybridized carbons (Fsp3) is 0.444. The van der Waals surface area contributed by atoms with Crippen LogP contribution in [0.3, 0.4) is 0 Å². The molecule has 3 unspecified atom stereocenters. The lowest BCUT2D eigenvalue weighted by Gasteiger charge is -2.28. The molecule has 4 rings (SSSR count). The highest BCUT2D eigenvalue weighted by Gasteiger charge is 2.35. The number of ether oxygens (including phenoxy) is 2. The molecule has 0 spiro atoms. The molecule has 3 N–H and O–H groups in total. The maximum Gasteiger partial charge on any atom is 0.407 e. The molecule has 0 bridgehead atoms. The third-order valence-corrected chi connectivity index (χ3v) is 7.22. The van der Waals surface area contributed by atoms with Crippen LogP contribution in [0.2, 0.25) is 0 Å². The molecule has 8 heteroatoms. The highest BCUT2D eigenvalue weighted by Crippen LogP contribution is 2.44. The number of nitrogens with one attached hydrogen (secondary N) is 2. The van der Waals surface area contributed by atoms with E-state index in [4.69, 9.17) is 14.6 Å². The summed E-state index contributed by atoms with van der Waals surface area (Å²) < 4.78 is 11.0. The Bertz CT molecular complexity index is 1060. The molecule has 2 aromatic carbocycles. The van der Waals surface area contributed by atoms with Gasteiger partial charge >= 0.3 is 12.1 Å². The maximum atomic E-state index is 12.8. The van der Waals surface area contributed by atoms with Crippen molar-refractivity contribution in [3.05, 3.63) is 59.7 Å². The van der Waals surface area contributed by atoms with Gasteiger partial charge in [0, 0.05) is 19.0 Å². The van der Waals surface area contributed by atoms with E-state index in [1.54, 1.807) is 6.92 Å². The van der Waals surface area contributed by atoms with Gasteiger partial charge in [-0.1, -0.05) is 55.5 Å². The minimum atomic E-state index is -0.885. The Kier molecular flexibility index (Phi) is 7.40. The topological polar surface area (TPSA) is 114 Å². The van der Waals surface area contributed by atoms with Crippen LogP contribution >= 0.6 is 0 Å². The summed E-state index contributed by atoms with van der Waals surface area (Å²) in [6, 6.07) is 16.3. The monoisotopic (exact) mass is 480 g/mol. The van der Waals surface area contributed by atoms with Gasteiger partial charge in [0.2, 0.25) is 5.91 Å². The van der Waals surface area contributed by atoms with Crippen LogP contribution < -0.4 is 10.6 Å². The summed E-state index contributed by atoms with van der Waals surface area (Å²) >= 11 is 0. The molecule has 1 aliphatic carbocycles. The number of aliphatic carboxylic acids is 1. The molecule has 1 saturated heterocycles. The molecule has 8 nitrogen and oxygen atoms in total. The number of rotatable bonds is 9. The lowest BCUT2D eigenvalue weighted by Crippen LogP contribution is -2.48. The normalized spacial score (nSPS) is 20.4. The first-order valence-corrected chi connectivity index (χ1v) is 12.0. The van der Waals surface area contributed by atoms with Crippen molar-refractivity contribution < 1.29 is 29.0 Å². The van der Waals surface area contributed by atoms with Crippen molar-refractivity contribution >= 4 is 18.0 Å². The van der Waals surface area contributed by atoms with Gasteiger partial charge in [0.25, 0.3) is 0 Å². The molecule has 1 aliphatic heterocycles. The summed E-state index contributed by atoms with van der Waals surface area (Å²) in [5.41, 5.74) is 3.76. The predicted molar refractivity (Wildman–Crippen MR) is 130 cm³/mol. The van der Waals surface area contributed by atoms with E-state index < -0.39 is 23.4 Å². The van der Waals surface area contributed by atoms with E-state index in [9.17, 15) is 14.4 Å². The number of carbonyl (C=O) groups excluding carboxylic acids is 2. The molecular weight excluding hydrogens is 448 g/mol. The van der Waals surface area contributed by atoms with Gasteiger partial charge in [0.1, 0.15) is 6.61 Å². The highest BCUT2D eigenvalue weighted by atomic mass is 16.5. The van der Waals surface area contributed by atoms with E-state index in [2.05, 4.69) is 34.9 Å². The number of amides is 2. The Hall–Kier alpha value is -3.39. The highest BCUT2D eigenvalue weighted by molar-refractivity contribution is 5.83. The zero-order valence-electron chi connectivity index (χ0n) is 20.1. The van der Waals surface area contributed by atoms with Crippen molar-refractivity contribution in [1.29, 1.82) is 0 Å². The quantitative estimate of drug-likeness (QED) is 0.506. The Morgan fingerprint density at radius 1 is 1.06 bits per heavy atom. The molecule has 186 valence electrons. The van der Waals surface area contributed by atoms with E-state index in [1.165, 1.54) is 0 Å². The minimum absolute atomic E-state index is 0.0324. The Morgan fingerprint density at radius 3 is 2.26 bits per heavy atom. The van der Waals surface area contributed by atoms with E-state index in [-0.39, 0.29) is 44.2 Å². The molecular formula is C27H32N2O6. The largest absolute Gasteiger partial charge is 0.481 e. The maximum absolute atomic E-state index is 12.8. The molecule has 3 atom stereocenters. The van der Waals surface area contributed by atoms with E-state index in [0.717, 1.165) is 22.3 Å². The predicted octanol–water partition coefficient (Wildman–Crippen LogP) is 3.55. The van der Waals surface area contributed by atoms with Crippen LogP contribution in [0.4, 0.5) is 4.79 Å². The molecule has 0 saturated carbocycles. The zero-order valence-corrected chi connectivity index (χ0v) is 20.1. The number of carbonyl (C=O) groups is 3. The van der Waals surface area contributed by atoms with E-state index in [1.807, 2.05) is 31.2 Å². The van der Waals surface area contributed by atoms with Gasteiger partial charge in [-0.25, -0.2) is 4.79 Å². The summed E-state index contributed by atoms with van der Waals surface area (Å²) in [4.78, 5) is 36.5. The van der Waals surface area contributed by atoms with Crippen LogP contribution in [-0.4, -0.2) is 55.5 Å². The van der Waals surface area contributed by atoms with Gasteiger partial charge in [-0.3, -0.25) is 9.59 Å². The Labute approximate surface area is 205 Å². The van der Waals surface area contributed by atoms with Gasteiger partial charge in [-0.15, -0.1) is 0 Å². The third kappa shape index (κ3) is 5.32. The van der Waals surface area contributed by atoms with Crippen LogP contribution in [0.25, 0.3) is 11.1 Å².